The summed E-state index contributed by atoms with van der Waals surface area (Å²) >= 11 is 1.82. The minimum Gasteiger partial charge on any atom is -0.305 e. The van der Waals surface area contributed by atoms with Crippen LogP contribution >= 0.6 is 11.3 Å². The van der Waals surface area contributed by atoms with Gasteiger partial charge in [-0.15, -0.1) is 11.3 Å². The molecule has 3 nitrogen and oxygen atoms in total. The van der Waals surface area contributed by atoms with Gasteiger partial charge in [-0.2, -0.15) is 5.10 Å². The van der Waals surface area contributed by atoms with Crippen LogP contribution in [-0.4, -0.2) is 9.78 Å². The largest absolute Gasteiger partial charge is 0.305 e. The van der Waals surface area contributed by atoms with E-state index in [1.807, 2.05) is 23.1 Å². The summed E-state index contributed by atoms with van der Waals surface area (Å²) < 4.78 is 1.87. The Labute approximate surface area is 106 Å². The van der Waals surface area contributed by atoms with Gasteiger partial charge < -0.3 is 5.32 Å². The predicted octanol–water partition coefficient (Wildman–Crippen LogP) is 2.95. The van der Waals surface area contributed by atoms with Crippen molar-refractivity contribution in [3.8, 4) is 0 Å². The van der Waals surface area contributed by atoms with Crippen LogP contribution in [0, 0.1) is 13.8 Å². The van der Waals surface area contributed by atoms with Gasteiger partial charge in [-0.05, 0) is 37.8 Å². The number of nitrogens with zero attached hydrogens (tertiary/aromatic N) is 2. The Balaban J connectivity index is 1.99. The van der Waals surface area contributed by atoms with E-state index in [9.17, 15) is 0 Å². The number of hydrogen-bond acceptors (Lipinski definition) is 3. The van der Waals surface area contributed by atoms with Crippen LogP contribution in [0.5, 0.6) is 0 Å². The van der Waals surface area contributed by atoms with Gasteiger partial charge in [0.25, 0.3) is 0 Å². The SMILES string of the molecule is Cc1ccsc1C(C)NCc1cn(C)nc1C. The van der Waals surface area contributed by atoms with Crippen molar-refractivity contribution in [2.45, 2.75) is 33.4 Å². The maximum atomic E-state index is 4.35. The fourth-order valence-electron chi connectivity index (χ4n) is 2.01. The maximum absolute atomic E-state index is 4.35. The number of rotatable bonds is 4. The molecule has 2 aromatic rings. The second-order valence-corrected chi connectivity index (χ2v) is 5.43. The van der Waals surface area contributed by atoms with Gasteiger partial charge >= 0.3 is 0 Å². The van der Waals surface area contributed by atoms with Gasteiger partial charge in [-0.25, -0.2) is 0 Å². The molecule has 17 heavy (non-hydrogen) atoms. The first-order chi connectivity index (χ1) is 8.08. The van der Waals surface area contributed by atoms with Gasteiger partial charge in [-0.1, -0.05) is 0 Å². The van der Waals surface area contributed by atoms with E-state index in [1.165, 1.54) is 16.0 Å². The third-order valence-corrected chi connectivity index (χ3v) is 4.21. The zero-order chi connectivity index (χ0) is 12.4. The number of nitrogens with one attached hydrogen (secondary N) is 1. The van der Waals surface area contributed by atoms with Gasteiger partial charge in [0.2, 0.25) is 0 Å². The molecule has 0 aliphatic rings. The van der Waals surface area contributed by atoms with Crippen LogP contribution in [0.25, 0.3) is 0 Å². The van der Waals surface area contributed by atoms with E-state index < -0.39 is 0 Å². The Bertz CT molecular complexity index is 498. The van der Waals surface area contributed by atoms with Gasteiger partial charge in [0, 0.05) is 36.3 Å². The van der Waals surface area contributed by atoms with Gasteiger partial charge in [0.05, 0.1) is 5.69 Å². The van der Waals surface area contributed by atoms with Crippen molar-refractivity contribution in [1.82, 2.24) is 15.1 Å². The number of thiophene rings is 1. The van der Waals surface area contributed by atoms with Crippen LogP contribution in [0.1, 0.15) is 34.7 Å². The monoisotopic (exact) mass is 249 g/mol. The molecule has 92 valence electrons. The number of aryl methyl sites for hydroxylation is 3. The van der Waals surface area contributed by atoms with Crippen LogP contribution in [-0.2, 0) is 13.6 Å². The van der Waals surface area contributed by atoms with Gasteiger partial charge in [0.1, 0.15) is 0 Å². The van der Waals surface area contributed by atoms with Crippen molar-refractivity contribution in [3.63, 3.8) is 0 Å². The third kappa shape index (κ3) is 2.76. The van der Waals surface area contributed by atoms with Crippen molar-refractivity contribution < 1.29 is 0 Å². The molecular weight excluding hydrogens is 230 g/mol. The quantitative estimate of drug-likeness (QED) is 0.903. The van der Waals surface area contributed by atoms with Crippen LogP contribution < -0.4 is 5.32 Å². The number of hydrogen-bond donors (Lipinski definition) is 1. The Morgan fingerprint density at radius 1 is 1.47 bits per heavy atom. The molecule has 4 heteroatoms. The van der Waals surface area contributed by atoms with E-state index in [4.69, 9.17) is 0 Å². The second kappa shape index (κ2) is 5.02. The van der Waals surface area contributed by atoms with Crippen molar-refractivity contribution in [3.05, 3.63) is 39.3 Å². The molecule has 0 saturated heterocycles. The Kier molecular flexibility index (Phi) is 3.64. The molecule has 0 radical (unpaired) electrons. The molecule has 0 spiro atoms. The van der Waals surface area contributed by atoms with E-state index in [2.05, 4.69) is 48.8 Å². The van der Waals surface area contributed by atoms with Crippen molar-refractivity contribution >= 4 is 11.3 Å². The van der Waals surface area contributed by atoms with Crippen molar-refractivity contribution in [2.24, 2.45) is 7.05 Å². The maximum Gasteiger partial charge on any atom is 0.0638 e. The summed E-state index contributed by atoms with van der Waals surface area (Å²) in [5.41, 5.74) is 3.75. The molecule has 2 aromatic heterocycles. The average Bonchev–Trinajstić information content (AvgIpc) is 2.81. The molecule has 0 bridgehead atoms. The van der Waals surface area contributed by atoms with Crippen LogP contribution in [0.4, 0.5) is 0 Å². The Morgan fingerprint density at radius 2 is 2.24 bits per heavy atom. The summed E-state index contributed by atoms with van der Waals surface area (Å²) in [6.07, 6.45) is 2.08. The molecule has 1 unspecified atom stereocenters. The molecule has 0 aliphatic carbocycles. The highest BCUT2D eigenvalue weighted by Crippen LogP contribution is 2.23. The minimum absolute atomic E-state index is 0.398. The van der Waals surface area contributed by atoms with Crippen molar-refractivity contribution in [1.29, 1.82) is 0 Å². The zero-order valence-corrected chi connectivity index (χ0v) is 11.6. The van der Waals surface area contributed by atoms with E-state index >= 15 is 0 Å². The standard InChI is InChI=1S/C13H19N3S/c1-9-5-6-17-13(9)11(3)14-7-12-8-16(4)15-10(12)2/h5-6,8,11,14H,7H2,1-4H3. The Hall–Kier alpha value is -1.13. The van der Waals surface area contributed by atoms with Crippen LogP contribution in [0.2, 0.25) is 0 Å². The summed E-state index contributed by atoms with van der Waals surface area (Å²) in [5.74, 6) is 0. The molecular formula is C13H19N3S. The molecule has 0 amide bonds. The highest BCUT2D eigenvalue weighted by atomic mass is 32.1. The first-order valence-corrected chi connectivity index (χ1v) is 6.72. The van der Waals surface area contributed by atoms with E-state index in [-0.39, 0.29) is 0 Å². The van der Waals surface area contributed by atoms with Crippen molar-refractivity contribution in [2.75, 3.05) is 0 Å². The fraction of sp³-hybridized carbons (Fsp3) is 0.462. The fourth-order valence-corrected chi connectivity index (χ4v) is 2.97. The molecule has 0 fully saturated rings. The molecule has 2 rings (SSSR count). The lowest BCUT2D eigenvalue weighted by Crippen LogP contribution is -2.18. The second-order valence-electron chi connectivity index (χ2n) is 4.48. The zero-order valence-electron chi connectivity index (χ0n) is 10.8. The normalized spacial score (nSPS) is 12.9. The van der Waals surface area contributed by atoms with Crippen LogP contribution in [0.3, 0.4) is 0 Å². The van der Waals surface area contributed by atoms with Gasteiger partial charge in [0.15, 0.2) is 0 Å². The lowest BCUT2D eigenvalue weighted by molar-refractivity contribution is 0.579. The third-order valence-electron chi connectivity index (χ3n) is 3.01. The molecule has 2 heterocycles. The highest BCUT2D eigenvalue weighted by molar-refractivity contribution is 7.10. The molecule has 1 atom stereocenters. The average molecular weight is 249 g/mol. The Morgan fingerprint density at radius 3 is 2.76 bits per heavy atom. The van der Waals surface area contributed by atoms with E-state index in [1.54, 1.807) is 0 Å². The molecule has 0 aliphatic heterocycles. The van der Waals surface area contributed by atoms with E-state index in [0.29, 0.717) is 6.04 Å². The highest BCUT2D eigenvalue weighted by Gasteiger charge is 2.10. The first-order valence-electron chi connectivity index (χ1n) is 5.84. The summed E-state index contributed by atoms with van der Waals surface area (Å²) in [6, 6.07) is 2.57. The molecule has 1 N–H and O–H groups in total. The lowest BCUT2D eigenvalue weighted by Gasteiger charge is -2.13. The summed E-state index contributed by atoms with van der Waals surface area (Å²) in [5, 5.41) is 10.1. The summed E-state index contributed by atoms with van der Waals surface area (Å²) in [6.45, 7) is 7.31. The smallest absolute Gasteiger partial charge is 0.0638 e. The molecule has 0 aromatic carbocycles. The van der Waals surface area contributed by atoms with Crippen LogP contribution in [0.15, 0.2) is 17.6 Å². The van der Waals surface area contributed by atoms with E-state index in [0.717, 1.165) is 12.2 Å². The lowest BCUT2D eigenvalue weighted by atomic mass is 10.2. The van der Waals surface area contributed by atoms with Gasteiger partial charge in [-0.3, -0.25) is 4.68 Å². The predicted molar refractivity (Wildman–Crippen MR) is 72.3 cm³/mol. The summed E-state index contributed by atoms with van der Waals surface area (Å²) in [7, 11) is 1.96. The number of aromatic nitrogens is 2. The first kappa shape index (κ1) is 12.3. The topological polar surface area (TPSA) is 29.9 Å². The molecule has 0 saturated carbocycles. The summed E-state index contributed by atoms with van der Waals surface area (Å²) in [4.78, 5) is 1.42. The minimum atomic E-state index is 0.398.